The van der Waals surface area contributed by atoms with Crippen LogP contribution in [0.25, 0.3) is 0 Å². The van der Waals surface area contributed by atoms with Crippen LogP contribution in [-0.2, 0) is 0 Å². The predicted octanol–water partition coefficient (Wildman–Crippen LogP) is 1.31. The lowest BCUT2D eigenvalue weighted by Gasteiger charge is -1.93. The van der Waals surface area contributed by atoms with Crippen molar-refractivity contribution >= 4 is 0 Å². The first-order valence-electron chi connectivity index (χ1n) is 5.16. The van der Waals surface area contributed by atoms with Gasteiger partial charge in [0, 0.05) is 19.8 Å². The highest BCUT2D eigenvalue weighted by molar-refractivity contribution is 4.39. The van der Waals surface area contributed by atoms with E-state index in [9.17, 15) is 0 Å². The minimum atomic E-state index is 0.283. The van der Waals surface area contributed by atoms with Crippen LogP contribution >= 0.6 is 0 Å². The molecule has 0 spiro atoms. The monoisotopic (exact) mass is 192 g/mol. The molecular formula is C10H24O3. The van der Waals surface area contributed by atoms with E-state index >= 15 is 0 Å². The number of unbranched alkanes of at least 4 members (excludes halogenated alkanes) is 4. The molecule has 0 rings (SSSR count). The molecule has 0 aromatic heterocycles. The molecule has 0 aliphatic rings. The average Bonchev–Trinajstić information content (AvgIpc) is 2.15. The fourth-order valence-corrected chi connectivity index (χ4v) is 0.735. The topological polar surface area (TPSA) is 60.7 Å². The SMILES string of the molecule is CCCCO.OCCCCCCO. The highest BCUT2D eigenvalue weighted by Crippen LogP contribution is 1.96. The van der Waals surface area contributed by atoms with E-state index in [2.05, 4.69) is 6.92 Å². The molecule has 3 heteroatoms. The third kappa shape index (κ3) is 24.5. The summed E-state index contributed by atoms with van der Waals surface area (Å²) in [5, 5.41) is 24.7. The Labute approximate surface area is 81.4 Å². The van der Waals surface area contributed by atoms with Gasteiger partial charge in [-0.15, -0.1) is 0 Å². The Hall–Kier alpha value is -0.120. The summed E-state index contributed by atoms with van der Waals surface area (Å²) in [6.45, 7) is 2.96. The quantitative estimate of drug-likeness (QED) is 0.533. The van der Waals surface area contributed by atoms with Crippen LogP contribution in [0.3, 0.4) is 0 Å². The summed E-state index contributed by atoms with van der Waals surface area (Å²) in [6.07, 6.45) is 5.87. The molecule has 0 fully saturated rings. The zero-order valence-corrected chi connectivity index (χ0v) is 8.71. The lowest BCUT2D eigenvalue weighted by molar-refractivity contribution is 0.265. The molecule has 0 saturated carbocycles. The van der Waals surface area contributed by atoms with Gasteiger partial charge in [0.25, 0.3) is 0 Å². The van der Waals surface area contributed by atoms with Crippen molar-refractivity contribution in [1.29, 1.82) is 0 Å². The maximum absolute atomic E-state index is 8.30. The van der Waals surface area contributed by atoms with E-state index in [4.69, 9.17) is 15.3 Å². The second-order valence-electron chi connectivity index (χ2n) is 2.94. The predicted molar refractivity (Wildman–Crippen MR) is 54.6 cm³/mol. The summed E-state index contributed by atoms with van der Waals surface area (Å²) in [5.41, 5.74) is 0. The molecule has 0 bridgehead atoms. The van der Waals surface area contributed by atoms with Gasteiger partial charge in [0.1, 0.15) is 0 Å². The molecule has 0 radical (unpaired) electrons. The van der Waals surface area contributed by atoms with Crippen molar-refractivity contribution in [2.24, 2.45) is 0 Å². The number of aliphatic hydroxyl groups is 3. The number of aliphatic hydroxyl groups excluding tert-OH is 3. The fourth-order valence-electron chi connectivity index (χ4n) is 0.735. The molecule has 0 aromatic carbocycles. The van der Waals surface area contributed by atoms with Crippen LogP contribution in [0, 0.1) is 0 Å². The Kier molecular flexibility index (Phi) is 21.1. The minimum Gasteiger partial charge on any atom is -0.396 e. The van der Waals surface area contributed by atoms with Gasteiger partial charge in [0.05, 0.1) is 0 Å². The van der Waals surface area contributed by atoms with E-state index in [0.29, 0.717) is 6.61 Å². The van der Waals surface area contributed by atoms with Crippen molar-refractivity contribution in [3.63, 3.8) is 0 Å². The zero-order chi connectivity index (χ0) is 10.4. The molecule has 0 aromatic rings. The maximum atomic E-state index is 8.30. The molecule has 0 amide bonds. The fraction of sp³-hybridized carbons (Fsp3) is 1.00. The van der Waals surface area contributed by atoms with E-state index in [1.54, 1.807) is 0 Å². The summed E-state index contributed by atoms with van der Waals surface area (Å²) >= 11 is 0. The highest BCUT2D eigenvalue weighted by atomic mass is 16.3. The van der Waals surface area contributed by atoms with Gasteiger partial charge in [-0.25, -0.2) is 0 Å². The summed E-state index contributed by atoms with van der Waals surface area (Å²) in [7, 11) is 0. The second-order valence-corrected chi connectivity index (χ2v) is 2.94. The average molecular weight is 192 g/mol. The second kappa shape index (κ2) is 17.8. The lowest BCUT2D eigenvalue weighted by atomic mass is 10.2. The summed E-state index contributed by atoms with van der Waals surface area (Å²) in [5.74, 6) is 0. The molecule has 13 heavy (non-hydrogen) atoms. The first-order valence-corrected chi connectivity index (χ1v) is 5.16. The Morgan fingerprint density at radius 2 is 1.00 bits per heavy atom. The maximum Gasteiger partial charge on any atom is 0.0431 e. The van der Waals surface area contributed by atoms with E-state index in [-0.39, 0.29) is 13.2 Å². The third-order valence-electron chi connectivity index (χ3n) is 1.58. The van der Waals surface area contributed by atoms with Gasteiger partial charge in [0.15, 0.2) is 0 Å². The van der Waals surface area contributed by atoms with Crippen molar-refractivity contribution in [2.75, 3.05) is 19.8 Å². The normalized spacial score (nSPS) is 9.23. The molecule has 3 N–H and O–H groups in total. The molecule has 0 aliphatic heterocycles. The molecule has 0 saturated heterocycles. The van der Waals surface area contributed by atoms with Crippen molar-refractivity contribution in [3.05, 3.63) is 0 Å². The standard InChI is InChI=1S/C6H14O2.C4H10O/c7-5-3-1-2-4-6-8;1-2-3-4-5/h7-8H,1-6H2;5H,2-4H2,1H3. The minimum absolute atomic E-state index is 0.283. The van der Waals surface area contributed by atoms with E-state index in [1.165, 1.54) is 0 Å². The van der Waals surface area contributed by atoms with Crippen LogP contribution < -0.4 is 0 Å². The van der Waals surface area contributed by atoms with Crippen LogP contribution in [0.15, 0.2) is 0 Å². The van der Waals surface area contributed by atoms with Crippen LogP contribution in [0.4, 0.5) is 0 Å². The smallest absolute Gasteiger partial charge is 0.0431 e. The van der Waals surface area contributed by atoms with E-state index in [1.807, 2.05) is 0 Å². The van der Waals surface area contributed by atoms with Crippen LogP contribution in [-0.4, -0.2) is 35.1 Å². The lowest BCUT2D eigenvalue weighted by Crippen LogP contribution is -1.85. The molecule has 82 valence electrons. The molecule has 0 heterocycles. The van der Waals surface area contributed by atoms with E-state index < -0.39 is 0 Å². The Morgan fingerprint density at radius 3 is 1.15 bits per heavy atom. The van der Waals surface area contributed by atoms with Gasteiger partial charge < -0.3 is 15.3 Å². The van der Waals surface area contributed by atoms with Gasteiger partial charge in [0.2, 0.25) is 0 Å². The highest BCUT2D eigenvalue weighted by Gasteiger charge is 1.84. The molecule has 0 aliphatic carbocycles. The van der Waals surface area contributed by atoms with Gasteiger partial charge in [-0.05, 0) is 19.3 Å². The Morgan fingerprint density at radius 1 is 0.615 bits per heavy atom. The number of hydrogen-bond donors (Lipinski definition) is 3. The Balaban J connectivity index is 0. The first-order chi connectivity index (χ1) is 6.33. The number of rotatable bonds is 7. The molecule has 0 atom stereocenters. The molecule has 0 unspecified atom stereocenters. The van der Waals surface area contributed by atoms with Crippen LogP contribution in [0.1, 0.15) is 45.4 Å². The summed E-state index contributed by atoms with van der Waals surface area (Å²) < 4.78 is 0. The van der Waals surface area contributed by atoms with Gasteiger partial charge >= 0.3 is 0 Å². The van der Waals surface area contributed by atoms with Crippen molar-refractivity contribution < 1.29 is 15.3 Å². The van der Waals surface area contributed by atoms with Crippen molar-refractivity contribution in [1.82, 2.24) is 0 Å². The zero-order valence-electron chi connectivity index (χ0n) is 8.71. The van der Waals surface area contributed by atoms with Gasteiger partial charge in [-0.1, -0.05) is 26.2 Å². The first kappa shape index (κ1) is 15.4. The van der Waals surface area contributed by atoms with Crippen LogP contribution in [0.5, 0.6) is 0 Å². The van der Waals surface area contributed by atoms with Gasteiger partial charge in [-0.2, -0.15) is 0 Å². The number of hydrogen-bond acceptors (Lipinski definition) is 3. The summed E-state index contributed by atoms with van der Waals surface area (Å²) in [4.78, 5) is 0. The largest absolute Gasteiger partial charge is 0.396 e. The van der Waals surface area contributed by atoms with Crippen molar-refractivity contribution in [2.45, 2.75) is 45.4 Å². The van der Waals surface area contributed by atoms with E-state index in [0.717, 1.165) is 38.5 Å². The third-order valence-corrected chi connectivity index (χ3v) is 1.58. The summed E-state index contributed by atoms with van der Waals surface area (Å²) in [6, 6.07) is 0. The van der Waals surface area contributed by atoms with Gasteiger partial charge in [-0.3, -0.25) is 0 Å². The molecular weight excluding hydrogens is 168 g/mol. The van der Waals surface area contributed by atoms with Crippen molar-refractivity contribution in [3.8, 4) is 0 Å². The Bertz CT molecular complexity index is 59.2. The van der Waals surface area contributed by atoms with Crippen LogP contribution in [0.2, 0.25) is 0 Å². The molecule has 3 nitrogen and oxygen atoms in total.